The van der Waals surface area contributed by atoms with E-state index in [9.17, 15) is 9.18 Å². The van der Waals surface area contributed by atoms with Gasteiger partial charge in [0.1, 0.15) is 16.3 Å². The van der Waals surface area contributed by atoms with Gasteiger partial charge in [-0.3, -0.25) is 0 Å². The van der Waals surface area contributed by atoms with Crippen LogP contribution in [0.2, 0.25) is 0 Å². The molecule has 0 unspecified atom stereocenters. The Hall–Kier alpha value is -3.26. The largest absolute Gasteiger partial charge is 0.484 e. The molecule has 0 saturated heterocycles. The van der Waals surface area contributed by atoms with E-state index in [0.717, 1.165) is 24.6 Å². The Balaban J connectivity index is 1.50. The Morgan fingerprint density at radius 3 is 2.40 bits per heavy atom. The van der Waals surface area contributed by atoms with Crippen molar-refractivity contribution in [3.05, 3.63) is 65.3 Å². The van der Waals surface area contributed by atoms with Gasteiger partial charge in [0.2, 0.25) is 0 Å². The third-order valence-electron chi connectivity index (χ3n) is 5.29. The van der Waals surface area contributed by atoms with Crippen LogP contribution in [-0.4, -0.2) is 26.7 Å². The lowest BCUT2D eigenvalue weighted by Crippen LogP contribution is -2.07. The molecule has 0 atom stereocenters. The minimum absolute atomic E-state index is 0.0583. The fourth-order valence-electron chi connectivity index (χ4n) is 3.28. The molecule has 0 N–H and O–H groups in total. The molecule has 0 bridgehead atoms. The zero-order chi connectivity index (χ0) is 25.0. The van der Waals surface area contributed by atoms with E-state index in [1.54, 1.807) is 24.3 Å². The van der Waals surface area contributed by atoms with Crippen LogP contribution in [0, 0.1) is 5.82 Å². The molecule has 2 aromatic carbocycles. The molecule has 0 aliphatic carbocycles. The molecule has 0 fully saturated rings. The van der Waals surface area contributed by atoms with Crippen molar-refractivity contribution in [2.45, 2.75) is 45.4 Å². The van der Waals surface area contributed by atoms with Crippen LogP contribution in [-0.2, 0) is 0 Å². The Kier molecular flexibility index (Phi) is 10.2. The number of benzene rings is 2. The lowest BCUT2D eigenvalue weighted by molar-refractivity contribution is 0.0739. The van der Waals surface area contributed by atoms with Crippen molar-refractivity contribution in [3.63, 3.8) is 0 Å². The third-order valence-corrected chi connectivity index (χ3v) is 6.27. The maximum absolute atomic E-state index is 14.5. The first-order valence-corrected chi connectivity index (χ1v) is 12.7. The van der Waals surface area contributed by atoms with E-state index in [1.165, 1.54) is 49.2 Å². The van der Waals surface area contributed by atoms with E-state index in [4.69, 9.17) is 9.47 Å². The van der Waals surface area contributed by atoms with Gasteiger partial charge in [0.05, 0.1) is 12.3 Å². The summed E-state index contributed by atoms with van der Waals surface area (Å²) in [6.07, 6.45) is 7.13. The van der Waals surface area contributed by atoms with Crippen LogP contribution >= 0.6 is 11.3 Å². The van der Waals surface area contributed by atoms with Gasteiger partial charge in [-0.25, -0.2) is 9.18 Å². The molecule has 1 aromatic heterocycles. The molecule has 6 nitrogen and oxygen atoms in total. The smallest absolute Gasteiger partial charge is 0.353 e. The van der Waals surface area contributed by atoms with Crippen molar-refractivity contribution in [1.29, 1.82) is 0 Å². The van der Waals surface area contributed by atoms with Crippen molar-refractivity contribution in [1.82, 2.24) is 0 Å². The van der Waals surface area contributed by atoms with Crippen LogP contribution in [0.5, 0.6) is 10.8 Å². The van der Waals surface area contributed by atoms with E-state index in [-0.39, 0.29) is 11.4 Å². The number of unbranched alkanes of at least 4 members (excludes halogenated alkanes) is 5. The highest BCUT2D eigenvalue weighted by Gasteiger charge is 2.14. The summed E-state index contributed by atoms with van der Waals surface area (Å²) in [6, 6.07) is 14.9. The minimum atomic E-state index is -0.627. The van der Waals surface area contributed by atoms with Gasteiger partial charge < -0.3 is 14.4 Å². The highest BCUT2D eigenvalue weighted by molar-refractivity contribution is 7.15. The van der Waals surface area contributed by atoms with Gasteiger partial charge >= 0.3 is 5.97 Å². The fourth-order valence-corrected chi connectivity index (χ4v) is 4.04. The van der Waals surface area contributed by atoms with Gasteiger partial charge in [0, 0.05) is 25.8 Å². The first kappa shape index (κ1) is 26.3. The predicted molar refractivity (Wildman–Crippen MR) is 139 cm³/mol. The van der Waals surface area contributed by atoms with Crippen LogP contribution in [0.3, 0.4) is 0 Å². The average Bonchev–Trinajstić information content (AvgIpc) is 3.32. The van der Waals surface area contributed by atoms with Crippen molar-refractivity contribution in [3.8, 4) is 10.8 Å². The summed E-state index contributed by atoms with van der Waals surface area (Å²) in [4.78, 5) is 14.8. The zero-order valence-corrected chi connectivity index (χ0v) is 21.3. The molecular weight excluding hydrogens is 465 g/mol. The Morgan fingerprint density at radius 2 is 1.69 bits per heavy atom. The molecule has 0 aliphatic rings. The monoisotopic (exact) mass is 497 g/mol. The molecule has 0 saturated carbocycles. The van der Waals surface area contributed by atoms with Gasteiger partial charge in [-0.05, 0) is 55.0 Å². The number of carbonyl (C=O) groups is 1. The summed E-state index contributed by atoms with van der Waals surface area (Å²) in [7, 11) is 3.89. The third kappa shape index (κ3) is 8.47. The van der Waals surface area contributed by atoms with Crippen molar-refractivity contribution in [2.75, 3.05) is 25.6 Å². The fraction of sp³-hybridized carbons (Fsp3) is 0.370. The van der Waals surface area contributed by atoms with Gasteiger partial charge in [-0.2, -0.15) is 5.11 Å². The maximum Gasteiger partial charge on any atom is 0.353 e. The summed E-state index contributed by atoms with van der Waals surface area (Å²) < 4.78 is 25.5. The van der Waals surface area contributed by atoms with Gasteiger partial charge in [-0.1, -0.05) is 50.4 Å². The number of thiophene rings is 1. The molecule has 0 amide bonds. The Bertz CT molecular complexity index is 1110. The summed E-state index contributed by atoms with van der Waals surface area (Å²) in [5, 5.41) is 8.72. The second-order valence-corrected chi connectivity index (χ2v) is 9.39. The summed E-state index contributed by atoms with van der Waals surface area (Å²) in [6.45, 7) is 2.83. The topological polar surface area (TPSA) is 63.5 Å². The highest BCUT2D eigenvalue weighted by atomic mass is 32.1. The highest BCUT2D eigenvalue weighted by Crippen LogP contribution is 2.29. The first-order chi connectivity index (χ1) is 17.0. The number of azo groups is 1. The van der Waals surface area contributed by atoms with E-state index in [2.05, 4.69) is 17.2 Å². The molecule has 8 heteroatoms. The standard InChI is InChI=1S/C27H32FN3O3S/c1-4-5-6-7-8-9-18-33-26-17-16-25(35-26)27(32)34-22-14-15-24(23(28)19-22)30-29-20-10-12-21(13-11-20)31(2)3/h10-17,19H,4-9,18H2,1-3H3/b30-29+. The predicted octanol–water partition coefficient (Wildman–Crippen LogP) is 8.33. The second kappa shape index (κ2) is 13.6. The molecule has 0 aliphatic heterocycles. The Labute approximate surface area is 210 Å². The van der Waals surface area contributed by atoms with Crippen LogP contribution in [0.15, 0.2) is 64.8 Å². The number of anilines is 1. The lowest BCUT2D eigenvalue weighted by atomic mass is 10.1. The molecule has 3 rings (SSSR count). The molecule has 0 spiro atoms. The number of rotatable bonds is 13. The number of hydrogen-bond acceptors (Lipinski definition) is 7. The maximum atomic E-state index is 14.5. The minimum Gasteiger partial charge on any atom is -0.484 e. The molecule has 1 heterocycles. The van der Waals surface area contributed by atoms with E-state index in [0.29, 0.717) is 22.2 Å². The number of hydrogen-bond donors (Lipinski definition) is 0. The quantitative estimate of drug-likeness (QED) is 0.103. The van der Waals surface area contributed by atoms with Crippen molar-refractivity contribution >= 4 is 34.4 Å². The Morgan fingerprint density at radius 1 is 0.943 bits per heavy atom. The normalized spacial score (nSPS) is 11.1. The van der Waals surface area contributed by atoms with Gasteiger partial charge in [0.15, 0.2) is 10.9 Å². The van der Waals surface area contributed by atoms with Crippen LogP contribution < -0.4 is 14.4 Å². The zero-order valence-electron chi connectivity index (χ0n) is 20.5. The van der Waals surface area contributed by atoms with Gasteiger partial charge in [-0.15, -0.1) is 5.11 Å². The molecule has 3 aromatic rings. The molecule has 0 radical (unpaired) electrons. The van der Waals surface area contributed by atoms with Crippen molar-refractivity contribution < 1.29 is 18.7 Å². The number of halogens is 1. The molecule has 186 valence electrons. The van der Waals surface area contributed by atoms with Crippen LogP contribution in [0.25, 0.3) is 0 Å². The lowest BCUT2D eigenvalue weighted by Gasteiger charge is -2.11. The summed E-state index contributed by atoms with van der Waals surface area (Å²) in [5.74, 6) is -1.08. The number of nitrogens with zero attached hydrogens (tertiary/aromatic N) is 3. The average molecular weight is 498 g/mol. The molecule has 35 heavy (non-hydrogen) atoms. The van der Waals surface area contributed by atoms with E-state index < -0.39 is 11.8 Å². The van der Waals surface area contributed by atoms with Crippen molar-refractivity contribution in [2.24, 2.45) is 10.2 Å². The number of esters is 1. The van der Waals surface area contributed by atoms with E-state index in [1.807, 2.05) is 31.1 Å². The summed E-state index contributed by atoms with van der Waals surface area (Å²) >= 11 is 1.22. The number of ether oxygens (including phenoxy) is 2. The second-order valence-electron chi connectivity index (χ2n) is 8.35. The van der Waals surface area contributed by atoms with Gasteiger partial charge in [0.25, 0.3) is 0 Å². The number of carbonyl (C=O) groups excluding carboxylic acids is 1. The van der Waals surface area contributed by atoms with E-state index >= 15 is 0 Å². The molecular formula is C27H32FN3O3S. The summed E-state index contributed by atoms with van der Waals surface area (Å²) in [5.41, 5.74) is 1.70. The SMILES string of the molecule is CCCCCCCCOc1ccc(C(=O)Oc2ccc(/N=N/c3ccc(N(C)C)cc3)c(F)c2)s1. The first-order valence-electron chi connectivity index (χ1n) is 11.9. The van der Waals surface area contributed by atoms with Crippen LogP contribution in [0.1, 0.15) is 55.1 Å². The van der Waals surface area contributed by atoms with Crippen LogP contribution in [0.4, 0.5) is 21.5 Å².